The maximum atomic E-state index is 13.2. The van der Waals surface area contributed by atoms with Gasteiger partial charge in [0.25, 0.3) is 0 Å². The number of hydrogen-bond acceptors (Lipinski definition) is 5. The van der Waals surface area contributed by atoms with Gasteiger partial charge >= 0.3 is 5.97 Å². The quantitative estimate of drug-likeness (QED) is 0.268. The van der Waals surface area contributed by atoms with E-state index in [4.69, 9.17) is 5.73 Å². The number of carboxylic acid groups (broad SMARTS) is 1. The number of amides is 3. The van der Waals surface area contributed by atoms with Crippen LogP contribution in [0.25, 0.3) is 0 Å². The predicted octanol–water partition coefficient (Wildman–Crippen LogP) is 1.84. The highest BCUT2D eigenvalue weighted by atomic mass is 16.4. The van der Waals surface area contributed by atoms with E-state index >= 15 is 0 Å². The average molecular weight is 491 g/mol. The van der Waals surface area contributed by atoms with Crippen molar-refractivity contribution < 1.29 is 24.3 Å². The first-order valence-corrected chi connectivity index (χ1v) is 12.3. The van der Waals surface area contributed by atoms with Crippen LogP contribution >= 0.6 is 0 Å². The molecule has 0 aliphatic rings. The van der Waals surface area contributed by atoms with Gasteiger partial charge in [0.05, 0.1) is 6.04 Å². The van der Waals surface area contributed by atoms with Crippen molar-refractivity contribution >= 4 is 23.7 Å². The van der Waals surface area contributed by atoms with Gasteiger partial charge in [0.15, 0.2) is 0 Å². The molecule has 0 saturated heterocycles. The Morgan fingerprint density at radius 2 is 1.40 bits per heavy atom. The largest absolute Gasteiger partial charge is 0.480 e. The van der Waals surface area contributed by atoms with Crippen molar-refractivity contribution in [3.8, 4) is 0 Å². The van der Waals surface area contributed by atoms with Crippen LogP contribution in [0.5, 0.6) is 0 Å². The number of carbonyl (C=O) groups excluding carboxylic acids is 3. The van der Waals surface area contributed by atoms with Crippen LogP contribution in [-0.2, 0) is 25.6 Å². The molecule has 9 heteroatoms. The SMILES string of the molecule is CCC(C)C(NC(=O)C(NC(=O)C(N)Cc1ccccc1)C(C)C)C(=O)NC(CC(C)C)C(=O)O. The van der Waals surface area contributed by atoms with Crippen molar-refractivity contribution in [2.45, 2.75) is 85.0 Å². The maximum absolute atomic E-state index is 13.2. The van der Waals surface area contributed by atoms with Crippen LogP contribution in [0.15, 0.2) is 30.3 Å². The summed E-state index contributed by atoms with van der Waals surface area (Å²) in [4.78, 5) is 50.5. The van der Waals surface area contributed by atoms with E-state index in [1.807, 2.05) is 58.0 Å². The molecule has 0 bridgehead atoms. The summed E-state index contributed by atoms with van der Waals surface area (Å²) in [6.07, 6.45) is 1.18. The Morgan fingerprint density at radius 1 is 0.857 bits per heavy atom. The maximum Gasteiger partial charge on any atom is 0.326 e. The Balaban J connectivity index is 2.94. The Labute approximate surface area is 208 Å². The zero-order valence-corrected chi connectivity index (χ0v) is 21.7. The van der Waals surface area contributed by atoms with E-state index in [1.54, 1.807) is 13.8 Å². The highest BCUT2D eigenvalue weighted by Gasteiger charge is 2.33. The van der Waals surface area contributed by atoms with Gasteiger partial charge in [0, 0.05) is 0 Å². The number of nitrogens with one attached hydrogen (secondary N) is 3. The van der Waals surface area contributed by atoms with Gasteiger partial charge in [-0.2, -0.15) is 0 Å². The minimum absolute atomic E-state index is 0.0636. The second-order valence-corrected chi connectivity index (χ2v) is 9.93. The Hall–Kier alpha value is -2.94. The summed E-state index contributed by atoms with van der Waals surface area (Å²) in [5, 5.41) is 17.5. The second kappa shape index (κ2) is 14.5. The summed E-state index contributed by atoms with van der Waals surface area (Å²) in [5.41, 5.74) is 6.98. The molecule has 5 unspecified atom stereocenters. The van der Waals surface area contributed by atoms with Crippen LogP contribution < -0.4 is 21.7 Å². The van der Waals surface area contributed by atoms with Gasteiger partial charge in [-0.1, -0.05) is 78.3 Å². The number of hydrogen-bond donors (Lipinski definition) is 5. The molecule has 1 aromatic carbocycles. The van der Waals surface area contributed by atoms with E-state index in [0.717, 1.165) is 5.56 Å². The number of aliphatic carboxylic acids is 1. The molecule has 35 heavy (non-hydrogen) atoms. The van der Waals surface area contributed by atoms with E-state index < -0.39 is 47.9 Å². The van der Waals surface area contributed by atoms with E-state index in [0.29, 0.717) is 12.8 Å². The summed E-state index contributed by atoms with van der Waals surface area (Å²) in [5.74, 6) is -3.12. The predicted molar refractivity (Wildman–Crippen MR) is 135 cm³/mol. The van der Waals surface area contributed by atoms with Crippen molar-refractivity contribution in [3.63, 3.8) is 0 Å². The molecule has 5 atom stereocenters. The molecule has 6 N–H and O–H groups in total. The lowest BCUT2D eigenvalue weighted by atomic mass is 9.95. The van der Waals surface area contributed by atoms with Crippen molar-refractivity contribution in [1.29, 1.82) is 0 Å². The molecular formula is C26H42N4O5. The third kappa shape index (κ3) is 10.1. The van der Waals surface area contributed by atoms with Gasteiger partial charge in [-0.3, -0.25) is 14.4 Å². The molecule has 0 heterocycles. The second-order valence-electron chi connectivity index (χ2n) is 9.93. The number of nitrogens with two attached hydrogens (primary N) is 1. The smallest absolute Gasteiger partial charge is 0.326 e. The minimum Gasteiger partial charge on any atom is -0.480 e. The van der Waals surface area contributed by atoms with Crippen LogP contribution in [0, 0.1) is 17.8 Å². The molecule has 9 nitrogen and oxygen atoms in total. The fourth-order valence-electron chi connectivity index (χ4n) is 3.66. The van der Waals surface area contributed by atoms with Gasteiger partial charge in [-0.05, 0) is 36.2 Å². The fraction of sp³-hybridized carbons (Fsp3) is 0.615. The lowest BCUT2D eigenvalue weighted by Gasteiger charge is -2.29. The molecule has 0 aromatic heterocycles. The molecule has 0 spiro atoms. The Morgan fingerprint density at radius 3 is 1.89 bits per heavy atom. The van der Waals surface area contributed by atoms with Crippen molar-refractivity contribution in [1.82, 2.24) is 16.0 Å². The highest BCUT2D eigenvalue weighted by Crippen LogP contribution is 2.12. The van der Waals surface area contributed by atoms with Gasteiger partial charge in [0.2, 0.25) is 17.7 Å². The summed E-state index contributed by atoms with van der Waals surface area (Å²) in [6.45, 7) is 11.0. The summed E-state index contributed by atoms with van der Waals surface area (Å²) in [7, 11) is 0. The lowest BCUT2D eigenvalue weighted by molar-refractivity contribution is -0.143. The van der Waals surface area contributed by atoms with E-state index in [1.165, 1.54) is 0 Å². The topological polar surface area (TPSA) is 151 Å². The third-order valence-electron chi connectivity index (χ3n) is 6.00. The molecule has 0 radical (unpaired) electrons. The molecule has 0 saturated carbocycles. The normalized spacial score (nSPS) is 15.6. The average Bonchev–Trinajstić information content (AvgIpc) is 2.79. The Kier molecular flexibility index (Phi) is 12.4. The first-order chi connectivity index (χ1) is 16.4. The molecular weight excluding hydrogens is 448 g/mol. The van der Waals surface area contributed by atoms with Crippen molar-refractivity contribution in [2.24, 2.45) is 23.5 Å². The molecule has 0 aliphatic carbocycles. The Bertz CT molecular complexity index is 843. The summed E-state index contributed by atoms with van der Waals surface area (Å²) < 4.78 is 0. The zero-order valence-electron chi connectivity index (χ0n) is 21.7. The lowest BCUT2D eigenvalue weighted by Crippen LogP contribution is -2.60. The van der Waals surface area contributed by atoms with E-state index in [-0.39, 0.29) is 24.2 Å². The molecule has 1 rings (SSSR count). The highest BCUT2D eigenvalue weighted by molar-refractivity contribution is 5.94. The first kappa shape index (κ1) is 30.1. The molecule has 196 valence electrons. The van der Waals surface area contributed by atoms with Crippen molar-refractivity contribution in [2.75, 3.05) is 0 Å². The van der Waals surface area contributed by atoms with Crippen LogP contribution in [0.4, 0.5) is 0 Å². The molecule has 3 amide bonds. The number of carbonyl (C=O) groups is 4. The van der Waals surface area contributed by atoms with E-state index in [9.17, 15) is 24.3 Å². The number of rotatable bonds is 14. The summed E-state index contributed by atoms with van der Waals surface area (Å²) in [6, 6.07) is 5.60. The van der Waals surface area contributed by atoms with Crippen LogP contribution in [0.2, 0.25) is 0 Å². The van der Waals surface area contributed by atoms with Gasteiger partial charge in [-0.15, -0.1) is 0 Å². The minimum atomic E-state index is -1.12. The monoisotopic (exact) mass is 490 g/mol. The zero-order chi connectivity index (χ0) is 26.7. The first-order valence-electron chi connectivity index (χ1n) is 12.3. The van der Waals surface area contributed by atoms with Crippen LogP contribution in [0.3, 0.4) is 0 Å². The van der Waals surface area contributed by atoms with Gasteiger partial charge in [0.1, 0.15) is 18.1 Å². The third-order valence-corrected chi connectivity index (χ3v) is 6.00. The fourth-order valence-corrected chi connectivity index (χ4v) is 3.66. The standard InChI is InChI=1S/C26H42N4O5/c1-7-17(6)22(25(33)28-20(26(34)35)13-15(2)3)30-24(32)21(16(4)5)29-23(31)19(27)14-18-11-9-8-10-12-18/h8-12,15-17,19-22H,7,13-14,27H2,1-6H3,(H,28,33)(H,29,31)(H,30,32)(H,34,35). The van der Waals surface area contributed by atoms with Gasteiger partial charge < -0.3 is 26.8 Å². The molecule has 0 aliphatic heterocycles. The molecule has 0 fully saturated rings. The van der Waals surface area contributed by atoms with Crippen LogP contribution in [0.1, 0.15) is 59.9 Å². The molecule has 1 aromatic rings. The van der Waals surface area contributed by atoms with E-state index in [2.05, 4.69) is 16.0 Å². The van der Waals surface area contributed by atoms with Crippen LogP contribution in [-0.4, -0.2) is 53.0 Å². The number of carboxylic acids is 1. The van der Waals surface area contributed by atoms with Crippen molar-refractivity contribution in [3.05, 3.63) is 35.9 Å². The van der Waals surface area contributed by atoms with Gasteiger partial charge in [-0.25, -0.2) is 4.79 Å². The summed E-state index contributed by atoms with van der Waals surface area (Å²) >= 11 is 0. The number of benzene rings is 1.